The van der Waals surface area contributed by atoms with Crippen molar-refractivity contribution in [2.75, 3.05) is 19.6 Å². The molecule has 0 radical (unpaired) electrons. The summed E-state index contributed by atoms with van der Waals surface area (Å²) in [6, 6.07) is 13.4. The van der Waals surface area contributed by atoms with E-state index in [0.29, 0.717) is 41.5 Å². The van der Waals surface area contributed by atoms with Gasteiger partial charge < -0.3 is 14.2 Å². The van der Waals surface area contributed by atoms with Crippen molar-refractivity contribution in [3.8, 4) is 11.3 Å². The van der Waals surface area contributed by atoms with E-state index in [0.717, 1.165) is 33.9 Å². The molecule has 0 atom stereocenters. The van der Waals surface area contributed by atoms with Crippen molar-refractivity contribution in [1.29, 1.82) is 0 Å². The van der Waals surface area contributed by atoms with Crippen LogP contribution in [0.1, 0.15) is 62.1 Å². The van der Waals surface area contributed by atoms with Gasteiger partial charge in [-0.3, -0.25) is 9.89 Å². The molecule has 5 rings (SSSR count). The number of amides is 1. The third-order valence-corrected chi connectivity index (χ3v) is 7.42. The van der Waals surface area contributed by atoms with Crippen molar-refractivity contribution in [3.05, 3.63) is 76.8 Å². The fraction of sp³-hybridized carbons (Fsp3) is 0.367. The fourth-order valence-corrected chi connectivity index (χ4v) is 5.20. The smallest absolute Gasteiger partial charge is 0.290 e. The maximum absolute atomic E-state index is 13.8. The number of nitrogens with zero attached hydrogens (tertiary/aromatic N) is 4. The molecule has 38 heavy (non-hydrogen) atoms. The number of rotatable bonds is 4. The Balaban J connectivity index is 1.46. The van der Waals surface area contributed by atoms with Crippen molar-refractivity contribution in [2.24, 2.45) is 0 Å². The zero-order chi connectivity index (χ0) is 27.4. The van der Waals surface area contributed by atoms with Crippen LogP contribution < -0.4 is 0 Å². The maximum Gasteiger partial charge on any atom is 0.290 e. The van der Waals surface area contributed by atoms with Crippen LogP contribution >= 0.6 is 11.6 Å². The number of nitrogens with one attached hydrogen (secondary N) is 1. The first kappa shape index (κ1) is 26.0. The number of piperazine rings is 1. The second kappa shape index (κ2) is 9.31. The second-order valence-corrected chi connectivity index (χ2v) is 12.1. The highest BCUT2D eigenvalue weighted by Crippen LogP contribution is 2.36. The van der Waals surface area contributed by atoms with E-state index in [1.54, 1.807) is 6.07 Å². The summed E-state index contributed by atoms with van der Waals surface area (Å²) in [6.07, 6.45) is 0. The molecule has 7 nitrogen and oxygen atoms in total. The Bertz CT molecular complexity index is 1520. The third kappa shape index (κ3) is 4.83. The number of fused-ring (bicyclic) bond motifs is 1. The van der Waals surface area contributed by atoms with Crippen LogP contribution in [0.4, 0.5) is 0 Å². The summed E-state index contributed by atoms with van der Waals surface area (Å²) in [5.41, 5.74) is 6.11. The van der Waals surface area contributed by atoms with E-state index in [4.69, 9.17) is 21.0 Å². The Hall–Kier alpha value is -3.58. The first-order valence-electron chi connectivity index (χ1n) is 12.8. The van der Waals surface area contributed by atoms with Gasteiger partial charge >= 0.3 is 0 Å². The molecule has 0 aliphatic carbocycles. The maximum atomic E-state index is 13.8. The molecule has 0 saturated carbocycles. The number of aryl methyl sites for hydroxylation is 1. The first-order valence-corrected chi connectivity index (χ1v) is 13.2. The number of carbonyl (C=O) groups is 1. The average molecular weight is 532 g/mol. The van der Waals surface area contributed by atoms with Crippen molar-refractivity contribution < 1.29 is 9.21 Å². The van der Waals surface area contributed by atoms with Crippen LogP contribution in [0.15, 0.2) is 53.5 Å². The zero-order valence-electron chi connectivity index (χ0n) is 22.9. The quantitative estimate of drug-likeness (QED) is 0.317. The molecule has 4 heterocycles. The number of H-pyrrole nitrogens is 1. The van der Waals surface area contributed by atoms with Gasteiger partial charge in [-0.1, -0.05) is 51.1 Å². The van der Waals surface area contributed by atoms with Crippen molar-refractivity contribution in [1.82, 2.24) is 25.0 Å². The van der Waals surface area contributed by atoms with E-state index in [1.807, 2.05) is 42.2 Å². The van der Waals surface area contributed by atoms with E-state index >= 15 is 0 Å². The van der Waals surface area contributed by atoms with Crippen LogP contribution in [0, 0.1) is 6.92 Å². The standard InChI is InChI=1S/C30H34ClN5O2/c1-18-14-23(34-33-18)19(2)35-12-13-36(30(6,7)17-35)28(37)26-16-25-27(38-26)22(29(3,4)5)15-24(32-25)20-8-10-21(31)11-9-20/h8-11,14-16H,2,12-13,17H2,1,3-7H3,(H,33,34). The largest absolute Gasteiger partial charge is 0.449 e. The lowest BCUT2D eigenvalue weighted by atomic mass is 9.86. The zero-order valence-corrected chi connectivity index (χ0v) is 23.6. The molecule has 198 valence electrons. The summed E-state index contributed by atoms with van der Waals surface area (Å²) in [7, 11) is 0. The third-order valence-electron chi connectivity index (χ3n) is 7.17. The van der Waals surface area contributed by atoms with Gasteiger partial charge in [0.05, 0.1) is 16.9 Å². The van der Waals surface area contributed by atoms with Gasteiger partial charge in [-0.2, -0.15) is 5.10 Å². The number of carbonyl (C=O) groups excluding carboxylic acids is 1. The van der Waals surface area contributed by atoms with E-state index < -0.39 is 5.54 Å². The molecule has 0 spiro atoms. The normalized spacial score (nSPS) is 15.8. The van der Waals surface area contributed by atoms with Crippen LogP contribution in [0.5, 0.6) is 0 Å². The van der Waals surface area contributed by atoms with Crippen LogP contribution in [-0.4, -0.2) is 56.1 Å². The molecule has 0 bridgehead atoms. The molecule has 1 N–H and O–H groups in total. The topological polar surface area (TPSA) is 78.3 Å². The molecule has 1 fully saturated rings. The molecule has 1 aliphatic rings. The lowest BCUT2D eigenvalue weighted by Crippen LogP contribution is -2.60. The molecular formula is C30H34ClN5O2. The van der Waals surface area contributed by atoms with E-state index in [2.05, 4.69) is 62.4 Å². The number of pyridine rings is 1. The van der Waals surface area contributed by atoms with Gasteiger partial charge in [0.15, 0.2) is 11.3 Å². The fourth-order valence-electron chi connectivity index (χ4n) is 5.08. The van der Waals surface area contributed by atoms with Gasteiger partial charge in [-0.25, -0.2) is 4.98 Å². The van der Waals surface area contributed by atoms with E-state index in [9.17, 15) is 4.79 Å². The lowest BCUT2D eigenvalue weighted by Gasteiger charge is -2.47. The SMILES string of the molecule is C=C(c1cc(C)[nH]n1)N1CCN(C(=O)c2cc3nc(-c4ccc(Cl)cc4)cc(C(C)(C)C)c3o2)C(C)(C)C1. The Morgan fingerprint density at radius 2 is 1.84 bits per heavy atom. The molecule has 1 aliphatic heterocycles. The molecule has 8 heteroatoms. The minimum atomic E-state index is -0.447. The molecular weight excluding hydrogens is 498 g/mol. The highest BCUT2D eigenvalue weighted by Gasteiger charge is 2.39. The minimum absolute atomic E-state index is 0.137. The number of furan rings is 1. The predicted octanol–water partition coefficient (Wildman–Crippen LogP) is 6.68. The molecule has 4 aromatic rings. The summed E-state index contributed by atoms with van der Waals surface area (Å²) in [5.74, 6) is 0.163. The molecule has 1 aromatic carbocycles. The lowest BCUT2D eigenvalue weighted by molar-refractivity contribution is 0.0287. The first-order chi connectivity index (χ1) is 17.8. The van der Waals surface area contributed by atoms with Crippen LogP contribution in [0.3, 0.4) is 0 Å². The average Bonchev–Trinajstić information content (AvgIpc) is 3.48. The number of hydrogen-bond donors (Lipinski definition) is 1. The number of hydrogen-bond acceptors (Lipinski definition) is 5. The molecule has 0 unspecified atom stereocenters. The number of benzene rings is 1. The Morgan fingerprint density at radius 3 is 2.45 bits per heavy atom. The van der Waals surface area contributed by atoms with E-state index in [1.165, 1.54) is 0 Å². The van der Waals surface area contributed by atoms with Crippen molar-refractivity contribution in [3.63, 3.8) is 0 Å². The highest BCUT2D eigenvalue weighted by atomic mass is 35.5. The van der Waals surface area contributed by atoms with Crippen molar-refractivity contribution >= 4 is 34.3 Å². The Kier molecular flexibility index (Phi) is 6.38. The molecule has 1 amide bonds. The number of aromatic nitrogens is 3. The number of halogens is 1. The molecule has 3 aromatic heterocycles. The van der Waals surface area contributed by atoms with Gasteiger partial charge in [-0.05, 0) is 50.5 Å². The minimum Gasteiger partial charge on any atom is -0.449 e. The van der Waals surface area contributed by atoms with E-state index in [-0.39, 0.29) is 11.3 Å². The van der Waals surface area contributed by atoms with Gasteiger partial charge in [0.1, 0.15) is 11.2 Å². The van der Waals surface area contributed by atoms with Crippen LogP contribution in [0.2, 0.25) is 5.02 Å². The summed E-state index contributed by atoms with van der Waals surface area (Å²) >= 11 is 6.10. The van der Waals surface area contributed by atoms with Crippen LogP contribution in [0.25, 0.3) is 28.1 Å². The summed E-state index contributed by atoms with van der Waals surface area (Å²) < 4.78 is 6.27. The second-order valence-electron chi connectivity index (χ2n) is 11.7. The van der Waals surface area contributed by atoms with Crippen LogP contribution in [-0.2, 0) is 5.41 Å². The highest BCUT2D eigenvalue weighted by molar-refractivity contribution is 6.30. The van der Waals surface area contributed by atoms with Crippen molar-refractivity contribution in [2.45, 2.75) is 52.5 Å². The molecule has 1 saturated heterocycles. The van der Waals surface area contributed by atoms with Gasteiger partial charge in [0, 0.05) is 47.5 Å². The monoisotopic (exact) mass is 531 g/mol. The van der Waals surface area contributed by atoms with Gasteiger partial charge in [0.25, 0.3) is 5.91 Å². The summed E-state index contributed by atoms with van der Waals surface area (Å²) in [5, 5.41) is 8.00. The van der Waals surface area contributed by atoms with Gasteiger partial charge in [-0.15, -0.1) is 0 Å². The Labute approximate surface area is 228 Å². The summed E-state index contributed by atoms with van der Waals surface area (Å²) in [6.45, 7) is 18.6. The number of aromatic amines is 1. The van der Waals surface area contributed by atoms with Gasteiger partial charge in [0.2, 0.25) is 0 Å². The predicted molar refractivity (Wildman–Crippen MR) is 152 cm³/mol. The summed E-state index contributed by atoms with van der Waals surface area (Å²) in [4.78, 5) is 22.8. The Morgan fingerprint density at radius 1 is 1.13 bits per heavy atom.